The Morgan fingerprint density at radius 1 is 1.26 bits per heavy atom. The molecule has 1 aromatic carbocycles. The van der Waals surface area contributed by atoms with Crippen LogP contribution in [-0.4, -0.2) is 85.5 Å². The second-order valence-electron chi connectivity index (χ2n) is 7.99. The molecule has 2 aromatic rings. The van der Waals surface area contributed by atoms with Gasteiger partial charge in [0, 0.05) is 19.8 Å². The molecule has 0 radical (unpaired) electrons. The highest BCUT2D eigenvalue weighted by Crippen LogP contribution is 2.26. The molecule has 2 atom stereocenters. The highest BCUT2D eigenvalue weighted by Gasteiger charge is 2.41. The molecule has 1 fully saturated rings. The van der Waals surface area contributed by atoms with E-state index in [9.17, 15) is 22.8 Å². The Labute approximate surface area is 203 Å². The number of nitrogens with zero attached hydrogens (tertiary/aromatic N) is 4. The Hall–Kier alpha value is -3.71. The Bertz CT molecular complexity index is 1170. The quantitative estimate of drug-likeness (QED) is 0.383. The fraction of sp³-hybridized carbons (Fsp3) is 0.364. The van der Waals surface area contributed by atoms with Crippen LogP contribution < -0.4 is 14.5 Å². The van der Waals surface area contributed by atoms with Crippen molar-refractivity contribution in [2.45, 2.75) is 30.3 Å². The molecule has 0 saturated carbocycles. The molecular weight excluding hydrogens is 478 g/mol. The van der Waals surface area contributed by atoms with E-state index in [-0.39, 0.29) is 29.5 Å². The molecule has 1 aromatic heterocycles. The highest BCUT2D eigenvalue weighted by atomic mass is 32.2. The van der Waals surface area contributed by atoms with E-state index in [0.29, 0.717) is 5.75 Å². The number of pyridine rings is 1. The minimum absolute atomic E-state index is 0.0421. The van der Waals surface area contributed by atoms with E-state index in [1.165, 1.54) is 78.1 Å². The van der Waals surface area contributed by atoms with Gasteiger partial charge in [0.25, 0.3) is 10.0 Å². The molecule has 1 unspecified atom stereocenters. The number of benzene rings is 1. The first-order chi connectivity index (χ1) is 16.6. The predicted molar refractivity (Wildman–Crippen MR) is 124 cm³/mol. The van der Waals surface area contributed by atoms with Crippen LogP contribution in [0.4, 0.5) is 5.69 Å². The van der Waals surface area contributed by atoms with Crippen LogP contribution in [0.25, 0.3) is 0 Å². The average Bonchev–Trinajstić information content (AvgIpc) is 2.86. The summed E-state index contributed by atoms with van der Waals surface area (Å²) in [7, 11) is -1.23. The summed E-state index contributed by atoms with van der Waals surface area (Å²) in [5.41, 5.74) is 1.68. The van der Waals surface area contributed by atoms with E-state index in [4.69, 9.17) is 9.94 Å². The molecule has 0 spiro atoms. The number of anilines is 1. The molecule has 0 bridgehead atoms. The largest absolute Gasteiger partial charge is 0.497 e. The number of rotatable bonds is 8. The van der Waals surface area contributed by atoms with Crippen molar-refractivity contribution in [1.82, 2.24) is 20.3 Å². The lowest BCUT2D eigenvalue weighted by Gasteiger charge is -2.44. The standard InChI is InChI=1S/C22H27N5O7S/c1-15-22(30)25(2)13-17(11-20(28)24-31)27(15)21(29)14-26(16-5-4-10-23-12-16)35(32,33)19-8-6-18(34-3)7-9-19/h4-10,12,15,17,31H,11,13-14H2,1-3H3,(H,24,28)/t15-,17?/m0/s1. The van der Waals surface area contributed by atoms with E-state index < -0.39 is 40.5 Å². The maximum absolute atomic E-state index is 13.6. The normalized spacial score (nSPS) is 18.2. The van der Waals surface area contributed by atoms with Crippen molar-refractivity contribution in [3.63, 3.8) is 0 Å². The number of aromatic nitrogens is 1. The average molecular weight is 506 g/mol. The summed E-state index contributed by atoms with van der Waals surface area (Å²) in [5.74, 6) is -1.32. The van der Waals surface area contributed by atoms with Gasteiger partial charge in [-0.05, 0) is 43.3 Å². The number of piperazine rings is 1. The lowest BCUT2D eigenvalue weighted by Crippen LogP contribution is -2.63. The number of hydrogen-bond donors (Lipinski definition) is 2. The number of carbonyl (C=O) groups excluding carboxylic acids is 3. The summed E-state index contributed by atoms with van der Waals surface area (Å²) >= 11 is 0. The first-order valence-electron chi connectivity index (χ1n) is 10.7. The van der Waals surface area contributed by atoms with Crippen molar-refractivity contribution in [2.75, 3.05) is 31.6 Å². The number of likely N-dealkylation sites (N-methyl/N-ethyl adjacent to an activating group) is 1. The van der Waals surface area contributed by atoms with Crippen molar-refractivity contribution in [3.05, 3.63) is 48.8 Å². The number of carbonyl (C=O) groups is 3. The SMILES string of the molecule is COc1ccc(S(=O)(=O)N(CC(=O)N2C(CC(=O)NO)CN(C)C(=O)[C@@H]2C)c2cccnc2)cc1. The van der Waals surface area contributed by atoms with Crippen LogP contribution in [-0.2, 0) is 24.4 Å². The van der Waals surface area contributed by atoms with Gasteiger partial charge in [-0.3, -0.25) is 28.9 Å². The zero-order valence-electron chi connectivity index (χ0n) is 19.5. The van der Waals surface area contributed by atoms with Gasteiger partial charge in [0.15, 0.2) is 0 Å². The van der Waals surface area contributed by atoms with Crippen LogP contribution in [0.2, 0.25) is 0 Å². The van der Waals surface area contributed by atoms with Crippen LogP contribution >= 0.6 is 0 Å². The number of ether oxygens (including phenoxy) is 1. The fourth-order valence-electron chi connectivity index (χ4n) is 3.99. The van der Waals surface area contributed by atoms with Crippen molar-refractivity contribution in [1.29, 1.82) is 0 Å². The second kappa shape index (κ2) is 10.7. The van der Waals surface area contributed by atoms with Crippen LogP contribution in [0, 0.1) is 0 Å². The molecule has 35 heavy (non-hydrogen) atoms. The minimum atomic E-state index is -4.22. The van der Waals surface area contributed by atoms with E-state index in [1.807, 2.05) is 0 Å². The zero-order chi connectivity index (χ0) is 25.8. The molecule has 0 aliphatic carbocycles. The van der Waals surface area contributed by atoms with E-state index in [1.54, 1.807) is 7.05 Å². The van der Waals surface area contributed by atoms with Crippen LogP contribution in [0.3, 0.4) is 0 Å². The zero-order valence-corrected chi connectivity index (χ0v) is 20.3. The number of hydrogen-bond acceptors (Lipinski definition) is 8. The third-order valence-electron chi connectivity index (χ3n) is 5.72. The van der Waals surface area contributed by atoms with Gasteiger partial charge in [-0.1, -0.05) is 0 Å². The molecule has 3 rings (SSSR count). The minimum Gasteiger partial charge on any atom is -0.497 e. The fourth-order valence-corrected chi connectivity index (χ4v) is 5.39. The van der Waals surface area contributed by atoms with Gasteiger partial charge in [-0.2, -0.15) is 0 Å². The summed E-state index contributed by atoms with van der Waals surface area (Å²) in [5, 5.41) is 8.95. The molecule has 13 heteroatoms. The summed E-state index contributed by atoms with van der Waals surface area (Å²) < 4.78 is 33.1. The van der Waals surface area contributed by atoms with Crippen LogP contribution in [0.15, 0.2) is 53.7 Å². The van der Waals surface area contributed by atoms with Crippen LogP contribution in [0.1, 0.15) is 13.3 Å². The highest BCUT2D eigenvalue weighted by molar-refractivity contribution is 7.92. The Morgan fingerprint density at radius 3 is 2.51 bits per heavy atom. The summed E-state index contributed by atoms with van der Waals surface area (Å²) in [6.45, 7) is 0.908. The molecule has 3 amide bonds. The van der Waals surface area contributed by atoms with Gasteiger partial charge in [-0.15, -0.1) is 0 Å². The third-order valence-corrected chi connectivity index (χ3v) is 7.51. The van der Waals surface area contributed by atoms with Crippen molar-refractivity contribution >= 4 is 33.4 Å². The van der Waals surface area contributed by atoms with Crippen LogP contribution in [0.5, 0.6) is 5.75 Å². The maximum Gasteiger partial charge on any atom is 0.264 e. The van der Waals surface area contributed by atoms with E-state index in [0.717, 1.165) is 4.31 Å². The van der Waals surface area contributed by atoms with Gasteiger partial charge in [0.05, 0.1) is 36.4 Å². The molecule has 12 nitrogen and oxygen atoms in total. The predicted octanol–water partition coefficient (Wildman–Crippen LogP) is 0.239. The number of nitrogens with one attached hydrogen (secondary N) is 1. The Kier molecular flexibility index (Phi) is 7.92. The number of methoxy groups -OCH3 is 1. The Morgan fingerprint density at radius 2 is 1.94 bits per heavy atom. The number of amides is 3. The number of sulfonamides is 1. The first kappa shape index (κ1) is 25.9. The van der Waals surface area contributed by atoms with Gasteiger partial charge >= 0.3 is 0 Å². The molecule has 1 aliphatic rings. The monoisotopic (exact) mass is 505 g/mol. The number of hydroxylamine groups is 1. The first-order valence-corrected chi connectivity index (χ1v) is 12.1. The topological polar surface area (TPSA) is 149 Å². The lowest BCUT2D eigenvalue weighted by atomic mass is 10.0. The summed E-state index contributed by atoms with van der Waals surface area (Å²) in [6, 6.07) is 7.01. The molecular formula is C22H27N5O7S. The molecule has 188 valence electrons. The molecule has 1 saturated heterocycles. The molecule has 1 aliphatic heterocycles. The lowest BCUT2D eigenvalue weighted by molar-refractivity contribution is -0.154. The summed E-state index contributed by atoms with van der Waals surface area (Å²) in [4.78, 5) is 44.5. The Balaban J connectivity index is 1.99. The van der Waals surface area contributed by atoms with Gasteiger partial charge in [0.1, 0.15) is 18.3 Å². The second-order valence-corrected chi connectivity index (χ2v) is 9.85. The summed E-state index contributed by atoms with van der Waals surface area (Å²) in [6.07, 6.45) is 2.50. The molecule has 2 N–H and O–H groups in total. The smallest absolute Gasteiger partial charge is 0.264 e. The third kappa shape index (κ3) is 5.52. The molecule has 2 heterocycles. The van der Waals surface area contributed by atoms with Crippen molar-refractivity contribution < 1.29 is 32.7 Å². The van der Waals surface area contributed by atoms with Gasteiger partial charge in [0.2, 0.25) is 17.7 Å². The van der Waals surface area contributed by atoms with Crippen molar-refractivity contribution in [2.24, 2.45) is 0 Å². The van der Waals surface area contributed by atoms with Gasteiger partial charge in [-0.25, -0.2) is 13.9 Å². The maximum atomic E-state index is 13.6. The van der Waals surface area contributed by atoms with Gasteiger partial charge < -0.3 is 14.5 Å². The van der Waals surface area contributed by atoms with Crippen molar-refractivity contribution in [3.8, 4) is 5.75 Å². The van der Waals surface area contributed by atoms with E-state index in [2.05, 4.69) is 4.98 Å². The van der Waals surface area contributed by atoms with E-state index >= 15 is 0 Å².